The largest absolute Gasteiger partial charge is 0.356 e. The molecule has 0 spiro atoms. The van der Waals surface area contributed by atoms with Gasteiger partial charge in [-0.3, -0.25) is 44.4 Å². The summed E-state index contributed by atoms with van der Waals surface area (Å²) in [5, 5.41) is 39.2. The van der Waals surface area contributed by atoms with Crippen molar-refractivity contribution in [2.75, 3.05) is 39.3 Å². The normalized spacial score (nSPS) is 10.6. The van der Waals surface area contributed by atoms with E-state index in [4.69, 9.17) is 0 Å². The Kier molecular flexibility index (Phi) is 21.8. The van der Waals surface area contributed by atoms with E-state index in [9.17, 15) is 44.4 Å². The maximum Gasteiger partial charge on any atom is 0.251 e. The molecule has 15 nitrogen and oxygen atoms in total. The second-order valence-corrected chi connectivity index (χ2v) is 11.2. The molecule has 1 aromatic carbocycles. The third kappa shape index (κ3) is 20.6. The average Bonchev–Trinajstić information content (AvgIpc) is 3.06. The molecule has 6 N–H and O–H groups in total. The van der Waals surface area contributed by atoms with Gasteiger partial charge in [-0.1, -0.05) is 18.2 Å². The lowest BCUT2D eigenvalue weighted by atomic mass is 10.2. The maximum atomic E-state index is 12.1. The van der Waals surface area contributed by atoms with Crippen molar-refractivity contribution in [1.82, 2.24) is 31.1 Å². The van der Waals surface area contributed by atoms with Crippen LogP contribution in [0.5, 0.6) is 0 Å². The molecule has 0 saturated carbocycles. The lowest BCUT2D eigenvalue weighted by molar-refractivity contribution is -0.166. The van der Waals surface area contributed by atoms with Crippen LogP contribution in [0.4, 0.5) is 0 Å². The van der Waals surface area contributed by atoms with Crippen LogP contribution in [0.3, 0.4) is 0 Å². The summed E-state index contributed by atoms with van der Waals surface area (Å²) in [6.07, 6.45) is 5.31. The van der Waals surface area contributed by atoms with Gasteiger partial charge in [-0.05, 0) is 69.9 Å². The van der Waals surface area contributed by atoms with Crippen LogP contribution in [-0.2, 0) is 24.0 Å². The van der Waals surface area contributed by atoms with Crippen LogP contribution in [-0.4, -0.2) is 106 Å². The lowest BCUT2D eigenvalue weighted by Crippen LogP contribution is -2.31. The number of carbonyl (C=O) groups excluding carboxylic acids is 6. The molecule has 15 heteroatoms. The lowest BCUT2D eigenvalue weighted by Gasteiger charge is -2.15. The van der Waals surface area contributed by atoms with E-state index in [0.717, 1.165) is 0 Å². The number of carbonyl (C=O) groups is 6. The van der Waals surface area contributed by atoms with Gasteiger partial charge in [0.2, 0.25) is 29.5 Å². The zero-order chi connectivity index (χ0) is 34.9. The summed E-state index contributed by atoms with van der Waals surface area (Å²) in [5.74, 6) is -2.29. The summed E-state index contributed by atoms with van der Waals surface area (Å²) in [6.45, 7) is 3.00. The van der Waals surface area contributed by atoms with Gasteiger partial charge in [-0.2, -0.15) is 0 Å². The van der Waals surface area contributed by atoms with Gasteiger partial charge < -0.3 is 16.0 Å². The fourth-order valence-electron chi connectivity index (χ4n) is 4.32. The molecule has 0 aliphatic carbocycles. The Labute approximate surface area is 276 Å². The Morgan fingerprint density at radius 2 is 0.936 bits per heavy atom. The van der Waals surface area contributed by atoms with Gasteiger partial charge in [0.05, 0.1) is 0 Å². The Morgan fingerprint density at radius 3 is 1.36 bits per heavy atom. The van der Waals surface area contributed by atoms with Crippen LogP contribution < -0.4 is 16.0 Å². The number of rotatable bonds is 25. The van der Waals surface area contributed by atoms with Gasteiger partial charge in [-0.15, -0.1) is 0 Å². The quantitative estimate of drug-likeness (QED) is 0.0514. The average molecular weight is 665 g/mol. The number of hydrogen-bond acceptors (Lipinski definition) is 9. The molecule has 0 aromatic heterocycles. The van der Waals surface area contributed by atoms with E-state index in [1.54, 1.807) is 24.3 Å². The van der Waals surface area contributed by atoms with Crippen LogP contribution >= 0.6 is 0 Å². The molecule has 47 heavy (non-hydrogen) atoms. The van der Waals surface area contributed by atoms with Gasteiger partial charge in [0.25, 0.3) is 5.91 Å². The topological polar surface area (TPSA) is 209 Å². The van der Waals surface area contributed by atoms with Crippen molar-refractivity contribution < 1.29 is 44.4 Å². The summed E-state index contributed by atoms with van der Waals surface area (Å²) in [7, 11) is 0. The molecule has 0 saturated heterocycles. The highest BCUT2D eigenvalue weighted by molar-refractivity contribution is 5.94. The molecule has 0 aliphatic rings. The molecule has 0 atom stereocenters. The first-order valence-electron chi connectivity index (χ1n) is 16.3. The van der Waals surface area contributed by atoms with E-state index in [1.165, 1.54) is 6.92 Å². The molecule has 264 valence electrons. The van der Waals surface area contributed by atoms with Crippen LogP contribution in [0.15, 0.2) is 30.3 Å². The fourth-order valence-corrected chi connectivity index (χ4v) is 4.32. The molecule has 0 fully saturated rings. The standard InChI is InChI=1S/C32H52N6O9/c1-26(39)36(45)23-11-3-8-20-33-28(40)16-18-30(42)37(46)24-12-4-9-21-34-29(41)17-19-31(43)38(47)25-13-5-10-22-35-32(44)27-14-6-2-7-15-27/h2,6-7,14-15,45-47H,3-5,8-13,16-25H2,1H3,(H,33,40)(H,34,41)(H,35,44). The minimum absolute atomic E-state index is 0.0519. The Morgan fingerprint density at radius 1 is 0.532 bits per heavy atom. The fraction of sp³-hybridized carbons (Fsp3) is 0.625. The number of nitrogens with zero attached hydrogens (tertiary/aromatic N) is 3. The van der Waals surface area contributed by atoms with E-state index in [0.29, 0.717) is 98.2 Å². The first-order valence-corrected chi connectivity index (χ1v) is 16.3. The van der Waals surface area contributed by atoms with E-state index in [-0.39, 0.29) is 63.0 Å². The van der Waals surface area contributed by atoms with Crippen molar-refractivity contribution in [3.8, 4) is 0 Å². The number of hydroxylamine groups is 6. The maximum absolute atomic E-state index is 12.1. The van der Waals surface area contributed by atoms with Gasteiger partial charge in [0, 0.05) is 77.4 Å². The predicted molar refractivity (Wildman–Crippen MR) is 171 cm³/mol. The van der Waals surface area contributed by atoms with Crippen molar-refractivity contribution in [2.45, 2.75) is 90.4 Å². The highest BCUT2D eigenvalue weighted by atomic mass is 16.5. The second kappa shape index (κ2) is 25.1. The molecular weight excluding hydrogens is 612 g/mol. The van der Waals surface area contributed by atoms with Gasteiger partial charge in [-0.25, -0.2) is 15.2 Å². The van der Waals surface area contributed by atoms with Crippen molar-refractivity contribution in [1.29, 1.82) is 0 Å². The van der Waals surface area contributed by atoms with Crippen LogP contribution in [0.1, 0.15) is 101 Å². The molecule has 0 radical (unpaired) electrons. The third-order valence-corrected chi connectivity index (χ3v) is 7.18. The van der Waals surface area contributed by atoms with Gasteiger partial charge in [0.15, 0.2) is 0 Å². The molecule has 0 unspecified atom stereocenters. The SMILES string of the molecule is CC(=O)N(O)CCCCCNC(=O)CCC(=O)N(O)CCCCCNC(=O)CCC(=O)N(O)CCCCCNC(=O)c1ccccc1. The van der Waals surface area contributed by atoms with Crippen LogP contribution in [0.2, 0.25) is 0 Å². The van der Waals surface area contributed by atoms with Crippen molar-refractivity contribution in [3.05, 3.63) is 35.9 Å². The van der Waals surface area contributed by atoms with E-state index in [1.807, 2.05) is 6.07 Å². The highest BCUT2D eigenvalue weighted by Crippen LogP contribution is 2.04. The number of nitrogens with one attached hydrogen (secondary N) is 3. The molecule has 1 aromatic rings. The van der Waals surface area contributed by atoms with Crippen LogP contribution in [0, 0.1) is 0 Å². The molecule has 1 rings (SSSR count). The number of benzene rings is 1. The molecular formula is C32H52N6O9. The molecule has 6 amide bonds. The van der Waals surface area contributed by atoms with Crippen molar-refractivity contribution in [3.63, 3.8) is 0 Å². The molecule has 0 aliphatic heterocycles. The number of amides is 6. The molecule has 0 heterocycles. The van der Waals surface area contributed by atoms with Crippen molar-refractivity contribution >= 4 is 35.4 Å². The zero-order valence-corrected chi connectivity index (χ0v) is 27.5. The Hall–Kier alpha value is -4.08. The zero-order valence-electron chi connectivity index (χ0n) is 27.5. The van der Waals surface area contributed by atoms with Gasteiger partial charge in [0.1, 0.15) is 0 Å². The first-order chi connectivity index (χ1) is 22.5. The highest BCUT2D eigenvalue weighted by Gasteiger charge is 2.14. The predicted octanol–water partition coefficient (Wildman–Crippen LogP) is 2.39. The summed E-state index contributed by atoms with van der Waals surface area (Å²) in [6, 6.07) is 8.89. The minimum Gasteiger partial charge on any atom is -0.356 e. The van der Waals surface area contributed by atoms with Crippen molar-refractivity contribution in [2.24, 2.45) is 0 Å². The van der Waals surface area contributed by atoms with E-state index in [2.05, 4.69) is 16.0 Å². The summed E-state index contributed by atoms with van der Waals surface area (Å²) >= 11 is 0. The Balaban J connectivity index is 1.99. The van der Waals surface area contributed by atoms with E-state index >= 15 is 0 Å². The van der Waals surface area contributed by atoms with Gasteiger partial charge >= 0.3 is 0 Å². The summed E-state index contributed by atoms with van der Waals surface area (Å²) in [4.78, 5) is 71.0. The van der Waals surface area contributed by atoms with Crippen LogP contribution in [0.25, 0.3) is 0 Å². The smallest absolute Gasteiger partial charge is 0.251 e. The summed E-state index contributed by atoms with van der Waals surface area (Å²) in [5.41, 5.74) is 0.591. The number of hydrogen-bond donors (Lipinski definition) is 6. The first kappa shape index (κ1) is 40.9. The Bertz CT molecular complexity index is 1110. The monoisotopic (exact) mass is 664 g/mol. The summed E-state index contributed by atoms with van der Waals surface area (Å²) < 4.78 is 0. The minimum atomic E-state index is -0.560. The molecule has 0 bridgehead atoms. The van der Waals surface area contributed by atoms with E-state index < -0.39 is 17.7 Å². The third-order valence-electron chi connectivity index (χ3n) is 7.18. The second-order valence-electron chi connectivity index (χ2n) is 11.2. The number of unbranched alkanes of at least 4 members (excludes halogenated alkanes) is 6.